The number of methoxy groups -OCH3 is 1. The van der Waals surface area contributed by atoms with E-state index in [-0.39, 0.29) is 24.6 Å². The zero-order chi connectivity index (χ0) is 23.3. The first kappa shape index (κ1) is 23.7. The maximum absolute atomic E-state index is 12.8. The molecular formula is C23H28N2O6S. The van der Waals surface area contributed by atoms with Crippen molar-refractivity contribution in [3.63, 3.8) is 0 Å². The number of aryl methyl sites for hydroxylation is 1. The summed E-state index contributed by atoms with van der Waals surface area (Å²) in [7, 11) is -2.13. The number of ether oxygens (including phenoxy) is 2. The van der Waals surface area contributed by atoms with E-state index < -0.39 is 27.8 Å². The van der Waals surface area contributed by atoms with E-state index in [2.05, 4.69) is 5.32 Å². The van der Waals surface area contributed by atoms with Gasteiger partial charge in [-0.15, -0.1) is 0 Å². The molecule has 1 heterocycles. The lowest BCUT2D eigenvalue weighted by Gasteiger charge is -2.30. The fraction of sp³-hybridized carbons (Fsp3) is 0.391. The monoisotopic (exact) mass is 460 g/mol. The van der Waals surface area contributed by atoms with Gasteiger partial charge in [-0.2, -0.15) is 4.31 Å². The van der Waals surface area contributed by atoms with Crippen LogP contribution in [0.4, 0.5) is 5.69 Å². The predicted molar refractivity (Wildman–Crippen MR) is 120 cm³/mol. The number of piperidine rings is 1. The molecule has 172 valence electrons. The lowest BCUT2D eigenvalue weighted by molar-refractivity contribution is -0.152. The van der Waals surface area contributed by atoms with Gasteiger partial charge in [0.25, 0.3) is 5.91 Å². The van der Waals surface area contributed by atoms with Gasteiger partial charge in [0, 0.05) is 18.8 Å². The van der Waals surface area contributed by atoms with Crippen LogP contribution in [0.2, 0.25) is 0 Å². The van der Waals surface area contributed by atoms with Crippen LogP contribution in [-0.2, 0) is 24.3 Å². The van der Waals surface area contributed by atoms with Crippen LogP contribution < -0.4 is 10.1 Å². The van der Waals surface area contributed by atoms with E-state index in [1.807, 2.05) is 26.0 Å². The highest BCUT2D eigenvalue weighted by molar-refractivity contribution is 7.89. The molecule has 0 aromatic heterocycles. The Kier molecular flexibility index (Phi) is 7.52. The normalized spacial score (nSPS) is 15.2. The van der Waals surface area contributed by atoms with Crippen molar-refractivity contribution in [3.05, 3.63) is 53.6 Å². The van der Waals surface area contributed by atoms with Crippen LogP contribution in [-0.4, -0.2) is 51.4 Å². The Morgan fingerprint density at radius 1 is 1.06 bits per heavy atom. The fourth-order valence-electron chi connectivity index (χ4n) is 3.56. The first-order chi connectivity index (χ1) is 15.2. The summed E-state index contributed by atoms with van der Waals surface area (Å²) >= 11 is 0. The molecule has 0 spiro atoms. The van der Waals surface area contributed by atoms with E-state index in [0.717, 1.165) is 11.1 Å². The van der Waals surface area contributed by atoms with Gasteiger partial charge in [-0.3, -0.25) is 9.59 Å². The zero-order valence-electron chi connectivity index (χ0n) is 18.5. The topological polar surface area (TPSA) is 102 Å². The van der Waals surface area contributed by atoms with Crippen LogP contribution in [0.25, 0.3) is 0 Å². The van der Waals surface area contributed by atoms with Crippen LogP contribution in [0.15, 0.2) is 47.4 Å². The standard InChI is InChI=1S/C23H28N2O6S/c1-16-5-4-6-21(17(16)2)24-22(26)15-31-23(27)18-11-13-25(14-12-18)32(28,29)20-9-7-19(30-3)8-10-20/h4-10,18H,11-15H2,1-3H3,(H,24,26). The third kappa shape index (κ3) is 5.46. The average Bonchev–Trinajstić information content (AvgIpc) is 2.80. The van der Waals surface area contributed by atoms with E-state index in [9.17, 15) is 18.0 Å². The number of nitrogens with one attached hydrogen (secondary N) is 1. The van der Waals surface area contributed by atoms with Crippen molar-refractivity contribution in [2.45, 2.75) is 31.6 Å². The predicted octanol–water partition coefficient (Wildman–Crippen LogP) is 2.89. The highest BCUT2D eigenvalue weighted by atomic mass is 32.2. The molecule has 0 atom stereocenters. The first-order valence-electron chi connectivity index (χ1n) is 10.4. The van der Waals surface area contributed by atoms with Gasteiger partial charge in [0.05, 0.1) is 17.9 Å². The van der Waals surface area contributed by atoms with Crippen molar-refractivity contribution in [2.24, 2.45) is 5.92 Å². The minimum Gasteiger partial charge on any atom is -0.497 e. The fourth-order valence-corrected chi connectivity index (χ4v) is 5.03. The second-order valence-corrected chi connectivity index (χ2v) is 9.70. The molecule has 2 aromatic rings. The summed E-state index contributed by atoms with van der Waals surface area (Å²) in [5, 5.41) is 2.75. The van der Waals surface area contributed by atoms with Gasteiger partial charge < -0.3 is 14.8 Å². The molecule has 0 saturated carbocycles. The number of amides is 1. The van der Waals surface area contributed by atoms with Crippen molar-refractivity contribution in [3.8, 4) is 5.75 Å². The third-order valence-corrected chi connectivity index (χ3v) is 7.62. The lowest BCUT2D eigenvalue weighted by Crippen LogP contribution is -2.40. The number of nitrogens with zero attached hydrogens (tertiary/aromatic N) is 1. The molecule has 1 aliphatic rings. The number of sulfonamides is 1. The van der Waals surface area contributed by atoms with Gasteiger partial charge in [0.15, 0.2) is 6.61 Å². The molecule has 1 saturated heterocycles. The third-order valence-electron chi connectivity index (χ3n) is 5.71. The number of esters is 1. The van der Waals surface area contributed by atoms with Gasteiger partial charge in [0.1, 0.15) is 5.75 Å². The van der Waals surface area contributed by atoms with Crippen LogP contribution in [0.3, 0.4) is 0 Å². The number of rotatable bonds is 7. The lowest BCUT2D eigenvalue weighted by atomic mass is 9.98. The van der Waals surface area contributed by atoms with Crippen molar-refractivity contribution in [1.29, 1.82) is 0 Å². The summed E-state index contributed by atoms with van der Waals surface area (Å²) in [6, 6.07) is 11.8. The molecule has 1 amide bonds. The Balaban J connectivity index is 1.49. The Bertz CT molecular complexity index is 1070. The number of hydrogen-bond donors (Lipinski definition) is 1. The highest BCUT2D eigenvalue weighted by Gasteiger charge is 2.33. The van der Waals surface area contributed by atoms with Crippen LogP contribution in [0.5, 0.6) is 5.75 Å². The molecule has 1 fully saturated rings. The number of hydrogen-bond acceptors (Lipinski definition) is 6. The van der Waals surface area contributed by atoms with Crippen LogP contribution >= 0.6 is 0 Å². The summed E-state index contributed by atoms with van der Waals surface area (Å²) in [5.74, 6) is -0.757. The van der Waals surface area contributed by atoms with E-state index in [1.54, 1.807) is 18.2 Å². The molecule has 0 radical (unpaired) electrons. The molecule has 1 aliphatic heterocycles. The Labute approximate surface area is 188 Å². The molecule has 1 N–H and O–H groups in total. The van der Waals surface area contributed by atoms with Crippen LogP contribution in [0.1, 0.15) is 24.0 Å². The summed E-state index contributed by atoms with van der Waals surface area (Å²) in [5.41, 5.74) is 2.69. The van der Waals surface area contributed by atoms with E-state index in [0.29, 0.717) is 24.3 Å². The molecule has 9 heteroatoms. The number of carbonyl (C=O) groups excluding carboxylic acids is 2. The van der Waals surface area contributed by atoms with Crippen molar-refractivity contribution >= 4 is 27.6 Å². The number of carbonyl (C=O) groups is 2. The second-order valence-electron chi connectivity index (χ2n) is 7.76. The SMILES string of the molecule is COc1ccc(S(=O)(=O)N2CCC(C(=O)OCC(=O)Nc3cccc(C)c3C)CC2)cc1. The Hall–Kier alpha value is -2.91. The van der Waals surface area contributed by atoms with Gasteiger partial charge in [-0.1, -0.05) is 12.1 Å². The molecule has 3 rings (SSSR count). The minimum absolute atomic E-state index is 0.183. The maximum Gasteiger partial charge on any atom is 0.309 e. The van der Waals surface area contributed by atoms with E-state index in [4.69, 9.17) is 9.47 Å². The van der Waals surface area contributed by atoms with E-state index >= 15 is 0 Å². The largest absolute Gasteiger partial charge is 0.497 e. The smallest absolute Gasteiger partial charge is 0.309 e. The molecule has 2 aromatic carbocycles. The van der Waals surface area contributed by atoms with Gasteiger partial charge >= 0.3 is 5.97 Å². The second kappa shape index (κ2) is 10.1. The van der Waals surface area contributed by atoms with Gasteiger partial charge in [-0.05, 0) is 68.1 Å². The summed E-state index contributed by atoms with van der Waals surface area (Å²) < 4.78 is 37.3. The number of benzene rings is 2. The maximum atomic E-state index is 12.8. The molecule has 32 heavy (non-hydrogen) atoms. The Morgan fingerprint density at radius 3 is 2.34 bits per heavy atom. The summed E-state index contributed by atoms with van der Waals surface area (Å²) in [6.07, 6.45) is 0.680. The summed E-state index contributed by atoms with van der Waals surface area (Å²) in [6.45, 7) is 3.90. The minimum atomic E-state index is -3.64. The van der Waals surface area contributed by atoms with Crippen molar-refractivity contribution in [2.75, 3.05) is 32.1 Å². The molecule has 8 nitrogen and oxygen atoms in total. The molecule has 0 unspecified atom stereocenters. The molecule has 0 bridgehead atoms. The zero-order valence-corrected chi connectivity index (χ0v) is 19.3. The highest BCUT2D eigenvalue weighted by Crippen LogP contribution is 2.26. The average molecular weight is 461 g/mol. The Morgan fingerprint density at radius 2 is 1.72 bits per heavy atom. The van der Waals surface area contributed by atoms with Gasteiger partial charge in [0.2, 0.25) is 10.0 Å². The van der Waals surface area contributed by atoms with Crippen molar-refractivity contribution in [1.82, 2.24) is 4.31 Å². The van der Waals surface area contributed by atoms with Crippen molar-refractivity contribution < 1.29 is 27.5 Å². The first-order valence-corrected chi connectivity index (χ1v) is 11.8. The van der Waals surface area contributed by atoms with E-state index in [1.165, 1.54) is 23.5 Å². The summed E-state index contributed by atoms with van der Waals surface area (Å²) in [4.78, 5) is 24.7. The van der Waals surface area contributed by atoms with Gasteiger partial charge in [-0.25, -0.2) is 8.42 Å². The quantitative estimate of drug-likeness (QED) is 0.638. The molecule has 0 aliphatic carbocycles. The van der Waals surface area contributed by atoms with Crippen LogP contribution in [0, 0.1) is 19.8 Å². The molecular weight excluding hydrogens is 432 g/mol. The number of anilines is 1.